The first-order valence-corrected chi connectivity index (χ1v) is 8.67. The van der Waals surface area contributed by atoms with E-state index in [9.17, 15) is 14.9 Å². The van der Waals surface area contributed by atoms with Crippen LogP contribution in [0.15, 0.2) is 30.3 Å². The highest BCUT2D eigenvalue weighted by Gasteiger charge is 2.24. The smallest absolute Gasteiger partial charge is 0.269 e. The predicted molar refractivity (Wildman–Crippen MR) is 102 cm³/mol. The van der Waals surface area contributed by atoms with Gasteiger partial charge in [0.1, 0.15) is 17.5 Å². The number of carbonyl (C=O) groups is 1. The van der Waals surface area contributed by atoms with Gasteiger partial charge in [0, 0.05) is 64.0 Å². The molecule has 0 spiro atoms. The lowest BCUT2D eigenvalue weighted by Gasteiger charge is -2.35. The molecule has 0 unspecified atom stereocenters. The number of anilines is 2. The molecule has 0 saturated carbocycles. The molecule has 9 heteroatoms. The Hall–Kier alpha value is -3.23. The first-order valence-electron chi connectivity index (χ1n) is 8.67. The number of amides is 1. The van der Waals surface area contributed by atoms with Crippen LogP contribution in [0.3, 0.4) is 0 Å². The van der Waals surface area contributed by atoms with Crippen molar-refractivity contribution in [2.45, 2.75) is 6.92 Å². The van der Waals surface area contributed by atoms with Crippen LogP contribution in [-0.2, 0) is 0 Å². The molecule has 3 rings (SSSR count). The average molecular weight is 370 g/mol. The zero-order chi connectivity index (χ0) is 19.6. The van der Waals surface area contributed by atoms with Crippen molar-refractivity contribution in [1.29, 1.82) is 0 Å². The van der Waals surface area contributed by atoms with Gasteiger partial charge in [0.05, 0.1) is 4.92 Å². The summed E-state index contributed by atoms with van der Waals surface area (Å²) in [5.41, 5.74) is 0.439. The number of rotatable bonds is 4. The zero-order valence-electron chi connectivity index (χ0n) is 15.6. The summed E-state index contributed by atoms with van der Waals surface area (Å²) >= 11 is 0. The number of piperazine rings is 1. The lowest BCUT2D eigenvalue weighted by molar-refractivity contribution is -0.384. The van der Waals surface area contributed by atoms with Crippen molar-refractivity contribution in [3.8, 4) is 0 Å². The topological polar surface area (TPSA) is 95.7 Å². The highest BCUT2D eigenvalue weighted by atomic mass is 16.6. The molecule has 1 aliphatic rings. The minimum absolute atomic E-state index is 0.0211. The number of aromatic nitrogens is 2. The van der Waals surface area contributed by atoms with Gasteiger partial charge in [0.15, 0.2) is 0 Å². The van der Waals surface area contributed by atoms with Crippen molar-refractivity contribution >= 4 is 23.2 Å². The number of nitrogens with zero attached hydrogens (tertiary/aromatic N) is 6. The maximum atomic E-state index is 12.6. The van der Waals surface area contributed by atoms with E-state index in [4.69, 9.17) is 0 Å². The van der Waals surface area contributed by atoms with Crippen LogP contribution in [0.4, 0.5) is 17.3 Å². The molecule has 2 aromatic rings. The first kappa shape index (κ1) is 18.6. The van der Waals surface area contributed by atoms with E-state index in [-0.39, 0.29) is 11.6 Å². The monoisotopic (exact) mass is 370 g/mol. The third kappa shape index (κ3) is 4.13. The third-order valence-corrected chi connectivity index (χ3v) is 4.49. The van der Waals surface area contributed by atoms with Gasteiger partial charge in [-0.15, -0.1) is 0 Å². The van der Waals surface area contributed by atoms with Gasteiger partial charge in [0.2, 0.25) is 0 Å². The Kier molecular flexibility index (Phi) is 5.20. The van der Waals surface area contributed by atoms with Crippen molar-refractivity contribution in [3.05, 3.63) is 51.8 Å². The normalized spacial score (nSPS) is 14.2. The summed E-state index contributed by atoms with van der Waals surface area (Å²) in [7, 11) is 3.87. The van der Waals surface area contributed by atoms with Crippen molar-refractivity contribution in [2.75, 3.05) is 50.1 Å². The Morgan fingerprint density at radius 2 is 1.74 bits per heavy atom. The number of hydrogen-bond acceptors (Lipinski definition) is 7. The van der Waals surface area contributed by atoms with E-state index in [0.29, 0.717) is 37.6 Å². The van der Waals surface area contributed by atoms with E-state index in [2.05, 4.69) is 14.9 Å². The molecule has 0 radical (unpaired) electrons. The molecule has 1 aromatic carbocycles. The van der Waals surface area contributed by atoms with E-state index in [1.165, 1.54) is 24.3 Å². The first-order chi connectivity index (χ1) is 12.8. The van der Waals surface area contributed by atoms with E-state index in [1.807, 2.05) is 32.0 Å². The van der Waals surface area contributed by atoms with Gasteiger partial charge in [-0.3, -0.25) is 14.9 Å². The van der Waals surface area contributed by atoms with Crippen LogP contribution >= 0.6 is 0 Å². The molecule has 1 saturated heterocycles. The van der Waals surface area contributed by atoms with Crippen molar-refractivity contribution in [1.82, 2.24) is 14.9 Å². The number of benzene rings is 1. The van der Waals surface area contributed by atoms with E-state index >= 15 is 0 Å². The summed E-state index contributed by atoms with van der Waals surface area (Å²) in [4.78, 5) is 37.7. The maximum absolute atomic E-state index is 12.6. The van der Waals surface area contributed by atoms with E-state index in [1.54, 1.807) is 4.90 Å². The summed E-state index contributed by atoms with van der Waals surface area (Å²) in [5.74, 6) is 2.30. The lowest BCUT2D eigenvalue weighted by atomic mass is 10.1. The van der Waals surface area contributed by atoms with Gasteiger partial charge in [0.25, 0.3) is 11.6 Å². The second-order valence-corrected chi connectivity index (χ2v) is 6.61. The summed E-state index contributed by atoms with van der Waals surface area (Å²) in [6, 6.07) is 7.67. The minimum atomic E-state index is -0.473. The summed E-state index contributed by atoms with van der Waals surface area (Å²) in [5, 5.41) is 10.7. The number of nitro groups is 1. The fraction of sp³-hybridized carbons (Fsp3) is 0.389. The van der Waals surface area contributed by atoms with Crippen LogP contribution in [-0.4, -0.2) is 66.0 Å². The standard InChI is InChI=1S/C18H22N6O3/c1-13-19-16(21(2)3)12-17(20-13)22-8-10-23(11-9-22)18(25)14-4-6-15(7-5-14)24(26)27/h4-7,12H,8-11H2,1-3H3. The molecule has 0 bridgehead atoms. The molecular formula is C18H22N6O3. The molecular weight excluding hydrogens is 348 g/mol. The zero-order valence-corrected chi connectivity index (χ0v) is 15.6. The maximum Gasteiger partial charge on any atom is 0.269 e. The summed E-state index contributed by atoms with van der Waals surface area (Å²) < 4.78 is 0. The fourth-order valence-electron chi connectivity index (χ4n) is 2.97. The molecule has 0 N–H and O–H groups in total. The highest BCUT2D eigenvalue weighted by Crippen LogP contribution is 2.20. The van der Waals surface area contributed by atoms with Gasteiger partial charge in [-0.2, -0.15) is 0 Å². The molecule has 0 aliphatic carbocycles. The Balaban J connectivity index is 1.66. The molecule has 1 aliphatic heterocycles. The minimum Gasteiger partial charge on any atom is -0.363 e. The molecule has 0 atom stereocenters. The fourth-order valence-corrected chi connectivity index (χ4v) is 2.97. The van der Waals surface area contributed by atoms with Gasteiger partial charge < -0.3 is 14.7 Å². The SMILES string of the molecule is Cc1nc(N(C)C)cc(N2CCN(C(=O)c3ccc([N+](=O)[O-])cc3)CC2)n1. The highest BCUT2D eigenvalue weighted by molar-refractivity contribution is 5.94. The molecule has 1 amide bonds. The average Bonchev–Trinajstić information content (AvgIpc) is 2.67. The number of carbonyl (C=O) groups excluding carboxylic acids is 1. The molecule has 142 valence electrons. The van der Waals surface area contributed by atoms with Crippen LogP contribution in [0.25, 0.3) is 0 Å². The second kappa shape index (κ2) is 7.56. The van der Waals surface area contributed by atoms with Crippen molar-refractivity contribution in [3.63, 3.8) is 0 Å². The van der Waals surface area contributed by atoms with Gasteiger partial charge >= 0.3 is 0 Å². The van der Waals surface area contributed by atoms with Crippen LogP contribution in [0.2, 0.25) is 0 Å². The Bertz CT molecular complexity index is 845. The molecule has 9 nitrogen and oxygen atoms in total. The Morgan fingerprint density at radius 1 is 1.11 bits per heavy atom. The Morgan fingerprint density at radius 3 is 2.30 bits per heavy atom. The van der Waals surface area contributed by atoms with Crippen LogP contribution in [0.1, 0.15) is 16.2 Å². The number of hydrogen-bond donors (Lipinski definition) is 0. The molecule has 27 heavy (non-hydrogen) atoms. The predicted octanol–water partition coefficient (Wildman–Crippen LogP) is 1.72. The van der Waals surface area contributed by atoms with Crippen LogP contribution in [0, 0.1) is 17.0 Å². The summed E-state index contributed by atoms with van der Waals surface area (Å²) in [6.45, 7) is 4.33. The molecule has 1 fully saturated rings. The lowest BCUT2D eigenvalue weighted by Crippen LogP contribution is -2.49. The van der Waals surface area contributed by atoms with Gasteiger partial charge in [-0.05, 0) is 19.1 Å². The molecule has 2 heterocycles. The quantitative estimate of drug-likeness (QED) is 0.597. The van der Waals surface area contributed by atoms with E-state index in [0.717, 1.165) is 11.6 Å². The third-order valence-electron chi connectivity index (χ3n) is 4.49. The van der Waals surface area contributed by atoms with Gasteiger partial charge in [-0.25, -0.2) is 9.97 Å². The van der Waals surface area contributed by atoms with Crippen molar-refractivity contribution < 1.29 is 9.72 Å². The largest absolute Gasteiger partial charge is 0.363 e. The van der Waals surface area contributed by atoms with Gasteiger partial charge in [-0.1, -0.05) is 0 Å². The number of non-ortho nitro benzene ring substituents is 1. The summed E-state index contributed by atoms with van der Waals surface area (Å²) in [6.07, 6.45) is 0. The Labute approximate surface area is 157 Å². The van der Waals surface area contributed by atoms with E-state index < -0.39 is 4.92 Å². The van der Waals surface area contributed by atoms with Crippen LogP contribution < -0.4 is 9.80 Å². The number of aryl methyl sites for hydroxylation is 1. The number of nitro benzene ring substituents is 1. The molecule has 1 aromatic heterocycles. The van der Waals surface area contributed by atoms with Crippen LogP contribution in [0.5, 0.6) is 0 Å². The van der Waals surface area contributed by atoms with Crippen molar-refractivity contribution in [2.24, 2.45) is 0 Å². The second-order valence-electron chi connectivity index (χ2n) is 6.61.